The molecule has 8 heteroatoms. The summed E-state index contributed by atoms with van der Waals surface area (Å²) in [6, 6.07) is 9.35. The number of carbonyl (C=O) groups excluding carboxylic acids is 2. The van der Waals surface area contributed by atoms with Gasteiger partial charge in [0.05, 0.1) is 39.6 Å². The van der Waals surface area contributed by atoms with Crippen LogP contribution in [0.4, 0.5) is 0 Å². The zero-order valence-corrected chi connectivity index (χ0v) is 18.8. The lowest BCUT2D eigenvalue weighted by Crippen LogP contribution is -2.32. The number of methoxy groups -OCH3 is 4. The van der Waals surface area contributed by atoms with Crippen molar-refractivity contribution in [2.75, 3.05) is 41.6 Å². The smallest absolute Gasteiger partial charge is 0.295 e. The van der Waals surface area contributed by atoms with E-state index in [9.17, 15) is 14.7 Å². The Balaban J connectivity index is 2.24. The number of rotatable bonds is 8. The van der Waals surface area contributed by atoms with Gasteiger partial charge in [-0.3, -0.25) is 9.59 Å². The van der Waals surface area contributed by atoms with Crippen molar-refractivity contribution in [2.45, 2.75) is 13.0 Å². The monoisotopic (exact) mass is 441 g/mol. The molecule has 0 aliphatic carbocycles. The molecule has 1 amide bonds. The molecule has 0 spiro atoms. The molecule has 1 fully saturated rings. The number of Topliss-reactive ketones (excluding diaryl/α,β-unsaturated/α-hetero) is 1. The van der Waals surface area contributed by atoms with Gasteiger partial charge in [-0.25, -0.2) is 0 Å². The Kier molecular flexibility index (Phi) is 7.05. The van der Waals surface area contributed by atoms with Crippen LogP contribution < -0.4 is 14.2 Å². The van der Waals surface area contributed by atoms with Crippen LogP contribution in [0.5, 0.6) is 17.2 Å². The molecule has 1 atom stereocenters. The van der Waals surface area contributed by atoms with Crippen LogP contribution in [0.25, 0.3) is 5.76 Å². The van der Waals surface area contributed by atoms with Crippen molar-refractivity contribution in [1.29, 1.82) is 0 Å². The lowest BCUT2D eigenvalue weighted by Gasteiger charge is -2.26. The topological polar surface area (TPSA) is 94.5 Å². The normalized spacial score (nSPS) is 17.5. The number of ether oxygens (including phenoxy) is 4. The SMILES string of the molecule is COCCN1C(=O)C(=O)/C(=C(/O)c2ccc(OC)cc2C)[C@H]1c1ccc(OC)cc1OC. The molecular weight excluding hydrogens is 414 g/mol. The van der Waals surface area contributed by atoms with Gasteiger partial charge in [0, 0.05) is 30.8 Å². The average molecular weight is 441 g/mol. The molecule has 1 heterocycles. The maximum absolute atomic E-state index is 13.1. The molecule has 0 bridgehead atoms. The van der Waals surface area contributed by atoms with Crippen LogP contribution in [0.2, 0.25) is 0 Å². The van der Waals surface area contributed by atoms with Crippen molar-refractivity contribution < 1.29 is 33.6 Å². The van der Waals surface area contributed by atoms with Gasteiger partial charge in [0.1, 0.15) is 23.0 Å². The first-order valence-corrected chi connectivity index (χ1v) is 10.0. The highest BCUT2D eigenvalue weighted by Crippen LogP contribution is 2.44. The van der Waals surface area contributed by atoms with Crippen molar-refractivity contribution in [2.24, 2.45) is 0 Å². The maximum atomic E-state index is 13.1. The number of ketones is 1. The first-order valence-electron chi connectivity index (χ1n) is 10.0. The number of aliphatic hydroxyl groups is 1. The first kappa shape index (κ1) is 23.1. The highest BCUT2D eigenvalue weighted by Gasteiger charge is 2.47. The van der Waals surface area contributed by atoms with Crippen molar-refractivity contribution in [3.63, 3.8) is 0 Å². The third kappa shape index (κ3) is 4.13. The summed E-state index contributed by atoms with van der Waals surface area (Å²) >= 11 is 0. The van der Waals surface area contributed by atoms with E-state index in [4.69, 9.17) is 18.9 Å². The molecule has 1 aliphatic heterocycles. The summed E-state index contributed by atoms with van der Waals surface area (Å²) in [6.45, 7) is 2.18. The molecule has 0 radical (unpaired) electrons. The lowest BCUT2D eigenvalue weighted by molar-refractivity contribution is -0.140. The summed E-state index contributed by atoms with van der Waals surface area (Å²) in [5.74, 6) is -0.130. The van der Waals surface area contributed by atoms with Crippen molar-refractivity contribution in [1.82, 2.24) is 4.90 Å². The van der Waals surface area contributed by atoms with Crippen LogP contribution in [0.15, 0.2) is 42.0 Å². The molecule has 2 aromatic carbocycles. The van der Waals surface area contributed by atoms with Gasteiger partial charge in [-0.15, -0.1) is 0 Å². The molecule has 0 saturated carbocycles. The molecule has 170 valence electrons. The number of benzene rings is 2. The standard InChI is InChI=1S/C24H27NO7/c1-14-12-15(30-3)6-8-17(14)22(26)20-21(25(10-11-29-2)24(28)23(20)27)18-9-7-16(31-4)13-19(18)32-5/h6-9,12-13,21,26H,10-11H2,1-5H3/b22-20+/t21-/m1/s1. The fourth-order valence-electron chi connectivity index (χ4n) is 3.84. The van der Waals surface area contributed by atoms with E-state index in [1.54, 1.807) is 50.4 Å². The van der Waals surface area contributed by atoms with Gasteiger partial charge in [-0.05, 0) is 42.8 Å². The number of hydrogen-bond donors (Lipinski definition) is 1. The Hall–Kier alpha value is -3.52. The second-order valence-electron chi connectivity index (χ2n) is 7.27. The second-order valence-corrected chi connectivity index (χ2v) is 7.27. The lowest BCUT2D eigenvalue weighted by atomic mass is 9.93. The number of carbonyl (C=O) groups is 2. The Labute approximate surface area is 187 Å². The Morgan fingerprint density at radius 2 is 1.62 bits per heavy atom. The quantitative estimate of drug-likeness (QED) is 0.382. The molecule has 0 unspecified atom stereocenters. The number of aryl methyl sites for hydroxylation is 1. The molecule has 1 saturated heterocycles. The molecule has 32 heavy (non-hydrogen) atoms. The Morgan fingerprint density at radius 1 is 0.969 bits per heavy atom. The number of amides is 1. The number of hydrogen-bond acceptors (Lipinski definition) is 7. The molecule has 8 nitrogen and oxygen atoms in total. The van der Waals surface area contributed by atoms with E-state index < -0.39 is 17.7 Å². The van der Waals surface area contributed by atoms with Gasteiger partial charge in [0.2, 0.25) is 0 Å². The summed E-state index contributed by atoms with van der Waals surface area (Å²) < 4.78 is 21.2. The minimum Gasteiger partial charge on any atom is -0.507 e. The van der Waals surface area contributed by atoms with Crippen molar-refractivity contribution in [3.8, 4) is 17.2 Å². The number of nitrogens with zero attached hydrogens (tertiary/aromatic N) is 1. The zero-order chi connectivity index (χ0) is 23.4. The predicted molar refractivity (Wildman–Crippen MR) is 118 cm³/mol. The van der Waals surface area contributed by atoms with Gasteiger partial charge in [-0.1, -0.05) is 0 Å². The van der Waals surface area contributed by atoms with Gasteiger partial charge < -0.3 is 29.0 Å². The maximum Gasteiger partial charge on any atom is 0.295 e. The highest BCUT2D eigenvalue weighted by molar-refractivity contribution is 6.46. The highest BCUT2D eigenvalue weighted by atomic mass is 16.5. The van der Waals surface area contributed by atoms with Crippen LogP contribution >= 0.6 is 0 Å². The van der Waals surface area contributed by atoms with Gasteiger partial charge in [0.25, 0.3) is 11.7 Å². The van der Waals surface area contributed by atoms with Crippen LogP contribution in [0.3, 0.4) is 0 Å². The molecule has 3 rings (SSSR count). The minimum atomic E-state index is -0.854. The molecule has 2 aromatic rings. The van der Waals surface area contributed by atoms with Gasteiger partial charge in [0.15, 0.2) is 0 Å². The largest absolute Gasteiger partial charge is 0.507 e. The van der Waals surface area contributed by atoms with Gasteiger partial charge in [-0.2, -0.15) is 0 Å². The summed E-state index contributed by atoms with van der Waals surface area (Å²) in [5, 5.41) is 11.2. The molecular formula is C24H27NO7. The van der Waals surface area contributed by atoms with Crippen LogP contribution in [0, 0.1) is 6.92 Å². The zero-order valence-electron chi connectivity index (χ0n) is 18.8. The van der Waals surface area contributed by atoms with E-state index in [2.05, 4.69) is 0 Å². The summed E-state index contributed by atoms with van der Waals surface area (Å²) in [7, 11) is 6.09. The number of likely N-dealkylation sites (tertiary alicyclic amines) is 1. The minimum absolute atomic E-state index is 0.0113. The summed E-state index contributed by atoms with van der Waals surface area (Å²) in [4.78, 5) is 27.4. The summed E-state index contributed by atoms with van der Waals surface area (Å²) in [5.41, 5.74) is 1.68. The predicted octanol–water partition coefficient (Wildman–Crippen LogP) is 3.09. The second kappa shape index (κ2) is 9.74. The van der Waals surface area contributed by atoms with E-state index in [0.717, 1.165) is 0 Å². The van der Waals surface area contributed by atoms with E-state index >= 15 is 0 Å². The van der Waals surface area contributed by atoms with Crippen LogP contribution in [-0.4, -0.2) is 63.3 Å². The molecule has 1 aliphatic rings. The average Bonchev–Trinajstić information content (AvgIpc) is 3.06. The Morgan fingerprint density at radius 3 is 2.22 bits per heavy atom. The van der Waals surface area contributed by atoms with Crippen LogP contribution in [0.1, 0.15) is 22.7 Å². The van der Waals surface area contributed by atoms with Crippen molar-refractivity contribution >= 4 is 17.4 Å². The van der Waals surface area contributed by atoms with Crippen LogP contribution in [-0.2, 0) is 14.3 Å². The summed E-state index contributed by atoms with van der Waals surface area (Å²) in [6.07, 6.45) is 0. The van der Waals surface area contributed by atoms with E-state index in [-0.39, 0.29) is 24.5 Å². The third-order valence-corrected chi connectivity index (χ3v) is 5.50. The third-order valence-electron chi connectivity index (χ3n) is 5.50. The first-order chi connectivity index (χ1) is 15.4. The molecule has 1 N–H and O–H groups in total. The molecule has 0 aromatic heterocycles. The van der Waals surface area contributed by atoms with E-state index in [1.165, 1.54) is 26.2 Å². The fraction of sp³-hybridized carbons (Fsp3) is 0.333. The Bertz CT molecular complexity index is 1060. The van der Waals surface area contributed by atoms with Crippen molar-refractivity contribution in [3.05, 3.63) is 58.7 Å². The fourth-order valence-corrected chi connectivity index (χ4v) is 3.84. The number of aliphatic hydroxyl groups excluding tert-OH is 1. The van der Waals surface area contributed by atoms with E-state index in [0.29, 0.717) is 33.9 Å². The van der Waals surface area contributed by atoms with Gasteiger partial charge >= 0.3 is 0 Å². The van der Waals surface area contributed by atoms with E-state index in [1.807, 2.05) is 0 Å².